The van der Waals surface area contributed by atoms with Crippen molar-refractivity contribution in [3.8, 4) is 0 Å². The standard InChI is InChI=1S/2C5H12O3.C4H10O.C3H8O2/c2*1-3(6)5(8)4(2)7;1-2-3-4-5;1-3(5)2-4/h2*3-8H,1-2H3;5H,2-4H2,1H3;3-5H,2H2,1H3. The van der Waals surface area contributed by atoms with E-state index in [2.05, 4.69) is 6.92 Å². The van der Waals surface area contributed by atoms with Crippen molar-refractivity contribution in [1.82, 2.24) is 0 Å². The molecule has 9 N–H and O–H groups in total. The van der Waals surface area contributed by atoms with Gasteiger partial charge in [-0.3, -0.25) is 0 Å². The van der Waals surface area contributed by atoms with Gasteiger partial charge < -0.3 is 46.0 Å². The Kier molecular flexibility index (Phi) is 29.0. The molecule has 0 fully saturated rings. The van der Waals surface area contributed by atoms with Crippen molar-refractivity contribution in [2.45, 2.75) is 97.1 Å². The minimum Gasteiger partial charge on any atom is -0.396 e. The topological polar surface area (TPSA) is 182 Å². The fourth-order valence-electron chi connectivity index (χ4n) is 0.964. The van der Waals surface area contributed by atoms with Crippen molar-refractivity contribution in [2.24, 2.45) is 0 Å². The molecule has 0 aromatic carbocycles. The molecule has 0 bridgehead atoms. The molecule has 9 nitrogen and oxygen atoms in total. The molecular formula is C17H42O9. The maximum atomic E-state index is 8.70. The molecule has 0 aromatic heterocycles. The Morgan fingerprint density at radius 1 is 0.577 bits per heavy atom. The number of aliphatic hydroxyl groups is 9. The Morgan fingerprint density at radius 2 is 0.808 bits per heavy atom. The zero-order chi connectivity index (χ0) is 21.9. The van der Waals surface area contributed by atoms with Crippen LogP contribution in [-0.2, 0) is 0 Å². The third-order valence-electron chi connectivity index (χ3n) is 2.75. The SMILES string of the molecule is CC(O)C(O)C(C)O.CC(O)C(O)C(C)O.CC(O)CO.CCCCO. The molecule has 164 valence electrons. The van der Waals surface area contributed by atoms with Crippen molar-refractivity contribution >= 4 is 0 Å². The van der Waals surface area contributed by atoms with Crippen LogP contribution in [-0.4, -0.2) is 102 Å². The second kappa shape index (κ2) is 22.7. The van der Waals surface area contributed by atoms with E-state index in [-0.39, 0.29) is 6.61 Å². The van der Waals surface area contributed by atoms with Crippen molar-refractivity contribution in [3.63, 3.8) is 0 Å². The maximum Gasteiger partial charge on any atom is 0.105 e. The molecule has 0 aliphatic rings. The molecule has 0 heterocycles. The lowest BCUT2D eigenvalue weighted by Gasteiger charge is -2.15. The Labute approximate surface area is 157 Å². The quantitative estimate of drug-likeness (QED) is 0.246. The molecule has 0 saturated heterocycles. The molecule has 0 rings (SSSR count). The first kappa shape index (κ1) is 33.2. The molecule has 26 heavy (non-hydrogen) atoms. The predicted molar refractivity (Wildman–Crippen MR) is 99.5 cm³/mol. The van der Waals surface area contributed by atoms with E-state index in [0.717, 1.165) is 12.8 Å². The van der Waals surface area contributed by atoms with Crippen molar-refractivity contribution < 1.29 is 46.0 Å². The van der Waals surface area contributed by atoms with Crippen LogP contribution in [0.25, 0.3) is 0 Å². The van der Waals surface area contributed by atoms with Crippen molar-refractivity contribution in [3.05, 3.63) is 0 Å². The van der Waals surface area contributed by atoms with Gasteiger partial charge in [0.15, 0.2) is 0 Å². The predicted octanol–water partition coefficient (Wildman–Crippen LogP) is -1.64. The monoisotopic (exact) mass is 390 g/mol. The zero-order valence-corrected chi connectivity index (χ0v) is 16.9. The Morgan fingerprint density at radius 3 is 0.808 bits per heavy atom. The minimum absolute atomic E-state index is 0.139. The van der Waals surface area contributed by atoms with Crippen molar-refractivity contribution in [1.29, 1.82) is 0 Å². The highest BCUT2D eigenvalue weighted by Crippen LogP contribution is 1.97. The highest BCUT2D eigenvalue weighted by molar-refractivity contribution is 4.67. The van der Waals surface area contributed by atoms with Crippen LogP contribution in [0.5, 0.6) is 0 Å². The lowest BCUT2D eigenvalue weighted by molar-refractivity contribution is -0.0439. The summed E-state index contributed by atoms with van der Waals surface area (Å²) in [5.74, 6) is 0. The van der Waals surface area contributed by atoms with Crippen LogP contribution >= 0.6 is 0 Å². The summed E-state index contributed by atoms with van der Waals surface area (Å²) in [6, 6.07) is 0. The minimum atomic E-state index is -1.02. The van der Waals surface area contributed by atoms with Gasteiger partial charge in [0.2, 0.25) is 0 Å². The molecule has 0 spiro atoms. The Balaban J connectivity index is -0.000000127. The maximum absolute atomic E-state index is 8.70. The summed E-state index contributed by atoms with van der Waals surface area (Å²) in [5.41, 5.74) is 0. The molecule has 9 heteroatoms. The van der Waals surface area contributed by atoms with Crippen LogP contribution in [0.3, 0.4) is 0 Å². The summed E-state index contributed by atoms with van der Waals surface area (Å²) in [5, 5.41) is 75.8. The number of rotatable bonds is 7. The highest BCUT2D eigenvalue weighted by Gasteiger charge is 2.16. The zero-order valence-electron chi connectivity index (χ0n) is 16.9. The number of unbranched alkanes of at least 4 members (excludes halogenated alkanes) is 1. The van der Waals surface area contributed by atoms with Gasteiger partial charge in [-0.05, 0) is 41.0 Å². The lowest BCUT2D eigenvalue weighted by Crippen LogP contribution is -2.33. The van der Waals surface area contributed by atoms with Crippen LogP contribution in [0.15, 0.2) is 0 Å². The van der Waals surface area contributed by atoms with Gasteiger partial charge in [0, 0.05) is 6.61 Å². The smallest absolute Gasteiger partial charge is 0.105 e. The lowest BCUT2D eigenvalue weighted by atomic mass is 10.1. The average molecular weight is 391 g/mol. The van der Waals surface area contributed by atoms with E-state index in [1.807, 2.05) is 0 Å². The Bertz CT molecular complexity index is 210. The summed E-state index contributed by atoms with van der Waals surface area (Å²) >= 11 is 0. The van der Waals surface area contributed by atoms with E-state index >= 15 is 0 Å². The summed E-state index contributed by atoms with van der Waals surface area (Å²) in [4.78, 5) is 0. The van der Waals surface area contributed by atoms with Gasteiger partial charge in [-0.15, -0.1) is 0 Å². The molecule has 0 radical (unpaired) electrons. The molecule has 0 amide bonds. The first-order chi connectivity index (χ1) is 11.8. The second-order valence-corrected chi connectivity index (χ2v) is 6.05. The van der Waals surface area contributed by atoms with E-state index in [1.54, 1.807) is 0 Å². The van der Waals surface area contributed by atoms with Crippen LogP contribution in [0.4, 0.5) is 0 Å². The molecule has 0 saturated carbocycles. The van der Waals surface area contributed by atoms with Crippen LogP contribution in [0.2, 0.25) is 0 Å². The third kappa shape index (κ3) is 31.4. The average Bonchev–Trinajstić information content (AvgIpc) is 2.55. The van der Waals surface area contributed by atoms with Gasteiger partial charge in [-0.2, -0.15) is 0 Å². The number of aliphatic hydroxyl groups excluding tert-OH is 9. The van der Waals surface area contributed by atoms with Gasteiger partial charge in [-0.25, -0.2) is 0 Å². The van der Waals surface area contributed by atoms with Gasteiger partial charge in [-0.1, -0.05) is 13.3 Å². The summed E-state index contributed by atoms with van der Waals surface area (Å²) in [7, 11) is 0. The molecule has 0 aliphatic heterocycles. The molecule has 0 aliphatic carbocycles. The molecule has 0 aromatic rings. The summed E-state index contributed by atoms with van der Waals surface area (Å²) in [6.07, 6.45) is -3.97. The fourth-order valence-corrected chi connectivity index (χ4v) is 0.964. The number of hydrogen-bond acceptors (Lipinski definition) is 9. The first-order valence-corrected chi connectivity index (χ1v) is 8.78. The van der Waals surface area contributed by atoms with Crippen LogP contribution in [0.1, 0.15) is 54.4 Å². The van der Waals surface area contributed by atoms with Gasteiger partial charge in [0.1, 0.15) is 12.2 Å². The Hall–Kier alpha value is -0.360. The second-order valence-electron chi connectivity index (χ2n) is 6.05. The van der Waals surface area contributed by atoms with E-state index in [1.165, 1.54) is 34.6 Å². The van der Waals surface area contributed by atoms with Gasteiger partial charge >= 0.3 is 0 Å². The fraction of sp³-hybridized carbons (Fsp3) is 1.00. The van der Waals surface area contributed by atoms with Crippen molar-refractivity contribution in [2.75, 3.05) is 13.2 Å². The van der Waals surface area contributed by atoms with E-state index in [9.17, 15) is 0 Å². The first-order valence-electron chi connectivity index (χ1n) is 8.78. The summed E-state index contributed by atoms with van der Waals surface area (Å²) < 4.78 is 0. The summed E-state index contributed by atoms with van der Waals surface area (Å²) in [6.45, 7) is 9.50. The van der Waals surface area contributed by atoms with E-state index in [0.29, 0.717) is 6.61 Å². The van der Waals surface area contributed by atoms with Gasteiger partial charge in [0.25, 0.3) is 0 Å². The molecule has 5 atom stereocenters. The third-order valence-corrected chi connectivity index (χ3v) is 2.75. The number of hydrogen-bond donors (Lipinski definition) is 9. The highest BCUT2D eigenvalue weighted by atomic mass is 16.4. The largest absolute Gasteiger partial charge is 0.396 e. The van der Waals surface area contributed by atoms with E-state index in [4.69, 9.17) is 46.0 Å². The van der Waals surface area contributed by atoms with Gasteiger partial charge in [0.05, 0.1) is 37.1 Å². The van der Waals surface area contributed by atoms with Crippen LogP contribution < -0.4 is 0 Å². The van der Waals surface area contributed by atoms with E-state index < -0.39 is 42.7 Å². The molecular weight excluding hydrogens is 348 g/mol. The normalized spacial score (nSPS) is 18.1. The molecule has 5 unspecified atom stereocenters. The van der Waals surface area contributed by atoms with Crippen LogP contribution in [0, 0.1) is 0 Å².